The zero-order chi connectivity index (χ0) is 36.3. The molecule has 1 atom stereocenters. The summed E-state index contributed by atoms with van der Waals surface area (Å²) in [6.45, 7) is 12.1. The summed E-state index contributed by atoms with van der Waals surface area (Å²) in [5.41, 5.74) is -0.482. The first kappa shape index (κ1) is 37.3. The first-order valence-corrected chi connectivity index (χ1v) is 19.5. The van der Waals surface area contributed by atoms with E-state index in [0.29, 0.717) is 35.8 Å². The van der Waals surface area contributed by atoms with Crippen molar-refractivity contribution in [3.05, 3.63) is 53.3 Å². The summed E-state index contributed by atoms with van der Waals surface area (Å²) in [4.78, 5) is 39.0. The van der Waals surface area contributed by atoms with Crippen molar-refractivity contribution in [2.45, 2.75) is 102 Å². The molecule has 0 aromatic carbocycles. The Morgan fingerprint density at radius 1 is 1.10 bits per heavy atom. The summed E-state index contributed by atoms with van der Waals surface area (Å²) in [5, 5.41) is 5.25. The molecule has 3 aliphatic rings. The van der Waals surface area contributed by atoms with Gasteiger partial charge in [-0.2, -0.15) is 0 Å². The topological polar surface area (TPSA) is 115 Å². The average Bonchev–Trinajstić information content (AvgIpc) is 4.01. The van der Waals surface area contributed by atoms with Crippen LogP contribution in [0.1, 0.15) is 96.3 Å². The molecule has 6 rings (SSSR count). The Hall–Kier alpha value is -3.51. The van der Waals surface area contributed by atoms with Crippen molar-refractivity contribution in [1.29, 1.82) is 0 Å². The zero-order valence-corrected chi connectivity index (χ0v) is 32.3. The second kappa shape index (κ2) is 15.6. The molecule has 1 aliphatic heterocycles. The van der Waals surface area contributed by atoms with Gasteiger partial charge in [0.2, 0.25) is 5.88 Å². The van der Waals surface area contributed by atoms with Crippen LogP contribution in [0.2, 0.25) is 5.15 Å². The Labute approximate surface area is 311 Å². The lowest BCUT2D eigenvalue weighted by Gasteiger charge is -2.33. The first-order chi connectivity index (χ1) is 24.3. The van der Waals surface area contributed by atoms with Gasteiger partial charge in [-0.15, -0.1) is 5.10 Å². The van der Waals surface area contributed by atoms with E-state index in [4.69, 9.17) is 26.1 Å². The van der Waals surface area contributed by atoms with Crippen molar-refractivity contribution >= 4 is 41.4 Å². The van der Waals surface area contributed by atoms with Crippen LogP contribution in [0.15, 0.2) is 47.6 Å². The van der Waals surface area contributed by atoms with Gasteiger partial charge in [-0.3, -0.25) is 9.52 Å². The summed E-state index contributed by atoms with van der Waals surface area (Å²) in [5.74, 6) is 4.53. The Morgan fingerprint density at radius 2 is 1.84 bits per heavy atom. The van der Waals surface area contributed by atoms with E-state index >= 15 is 0 Å². The third-order valence-electron chi connectivity index (χ3n) is 10.1. The van der Waals surface area contributed by atoms with Crippen molar-refractivity contribution in [2.24, 2.45) is 23.7 Å². The third kappa shape index (κ3) is 10.1. The average molecular weight is 738 g/mol. The minimum atomic E-state index is -0.512. The molecule has 3 aromatic rings. The molecule has 11 nitrogen and oxygen atoms in total. The predicted octanol–water partition coefficient (Wildman–Crippen LogP) is 8.21. The highest BCUT2D eigenvalue weighted by Gasteiger charge is 2.43. The zero-order valence-electron chi connectivity index (χ0n) is 30.7. The minimum absolute atomic E-state index is 0.0848. The number of amides is 2. The molecule has 3 fully saturated rings. The van der Waals surface area contributed by atoms with E-state index in [1.165, 1.54) is 25.7 Å². The standard InChI is InChI=1S/C38H52ClN7O4S/c1-37(2,3)50-36(48)45-24-25(23-38(45,4)5)9-8-20-44(6)30-10-7-11-33(40-30)51-43-35(47)29-16-17-31(41-34(29)39)46-21-18-32(42-46)49-22-19-28(26-12-13-26)27-14-15-27/h7,10-11,16-18,21,25-28H,8-9,12-15,19-20,22-24H2,1-6H3,(H,43,47). The number of nitrogens with one attached hydrogen (secondary N) is 1. The van der Waals surface area contributed by atoms with Gasteiger partial charge < -0.3 is 19.3 Å². The lowest BCUT2D eigenvalue weighted by molar-refractivity contribution is 0.0130. The fraction of sp³-hybridized carbons (Fsp3) is 0.605. The van der Waals surface area contributed by atoms with Gasteiger partial charge in [0.05, 0.1) is 12.2 Å². The number of aromatic nitrogens is 4. The number of halogens is 1. The van der Waals surface area contributed by atoms with Crippen molar-refractivity contribution < 1.29 is 19.1 Å². The van der Waals surface area contributed by atoms with Gasteiger partial charge in [0.25, 0.3) is 5.91 Å². The molecular formula is C38H52ClN7O4S. The number of anilines is 1. The van der Waals surface area contributed by atoms with Crippen LogP contribution in [0, 0.1) is 23.7 Å². The molecule has 1 N–H and O–H groups in total. The van der Waals surface area contributed by atoms with E-state index in [2.05, 4.69) is 33.6 Å². The number of likely N-dealkylation sites (tertiary alicyclic amines) is 1. The lowest BCUT2D eigenvalue weighted by atomic mass is 9.93. The number of hydrogen-bond acceptors (Lipinski definition) is 9. The van der Waals surface area contributed by atoms with E-state index < -0.39 is 5.60 Å². The maximum atomic E-state index is 13.1. The molecule has 1 unspecified atom stereocenters. The molecular weight excluding hydrogens is 686 g/mol. The van der Waals surface area contributed by atoms with Crippen LogP contribution in [-0.2, 0) is 4.74 Å². The van der Waals surface area contributed by atoms with Gasteiger partial charge >= 0.3 is 6.09 Å². The minimum Gasteiger partial charge on any atom is -0.477 e. The number of carbonyl (C=O) groups excluding carboxylic acids is 2. The van der Waals surface area contributed by atoms with Crippen molar-refractivity contribution in [1.82, 2.24) is 29.4 Å². The maximum Gasteiger partial charge on any atom is 0.410 e. The summed E-state index contributed by atoms with van der Waals surface area (Å²) in [6, 6.07) is 10.9. The van der Waals surface area contributed by atoms with Crippen molar-refractivity contribution in [3.8, 4) is 11.7 Å². The van der Waals surface area contributed by atoms with Gasteiger partial charge in [0.1, 0.15) is 21.6 Å². The summed E-state index contributed by atoms with van der Waals surface area (Å²) in [7, 11) is 2.02. The van der Waals surface area contributed by atoms with Crippen LogP contribution >= 0.6 is 23.5 Å². The van der Waals surface area contributed by atoms with E-state index in [-0.39, 0.29) is 28.3 Å². The van der Waals surface area contributed by atoms with Crippen LogP contribution < -0.4 is 14.4 Å². The van der Waals surface area contributed by atoms with Gasteiger partial charge in [-0.1, -0.05) is 17.7 Å². The maximum absolute atomic E-state index is 13.1. The fourth-order valence-corrected chi connectivity index (χ4v) is 8.04. The Morgan fingerprint density at radius 3 is 2.53 bits per heavy atom. The van der Waals surface area contributed by atoms with E-state index in [1.54, 1.807) is 23.0 Å². The normalized spacial score (nSPS) is 18.6. The summed E-state index contributed by atoms with van der Waals surface area (Å²) in [6.07, 6.45) is 11.0. The van der Waals surface area contributed by atoms with Gasteiger partial charge in [-0.25, -0.2) is 19.4 Å². The number of carbonyl (C=O) groups is 2. The van der Waals surface area contributed by atoms with E-state index in [0.717, 1.165) is 67.7 Å². The highest BCUT2D eigenvalue weighted by atomic mass is 35.5. The second-order valence-electron chi connectivity index (χ2n) is 16.0. The van der Waals surface area contributed by atoms with Crippen LogP contribution in [0.3, 0.4) is 0 Å². The van der Waals surface area contributed by atoms with Crippen molar-refractivity contribution in [2.75, 3.05) is 31.6 Å². The van der Waals surface area contributed by atoms with Crippen LogP contribution in [0.5, 0.6) is 5.88 Å². The second-order valence-corrected chi connectivity index (χ2v) is 17.2. The molecule has 3 aromatic heterocycles. The molecule has 0 bridgehead atoms. The number of rotatable bonds is 15. The van der Waals surface area contributed by atoms with Crippen LogP contribution in [-0.4, -0.2) is 74.5 Å². The number of pyridine rings is 2. The van der Waals surface area contributed by atoms with Crippen LogP contribution in [0.25, 0.3) is 5.82 Å². The number of ether oxygens (including phenoxy) is 2. The predicted molar refractivity (Wildman–Crippen MR) is 201 cm³/mol. The first-order valence-electron chi connectivity index (χ1n) is 18.3. The molecule has 2 amide bonds. The van der Waals surface area contributed by atoms with Gasteiger partial charge in [0, 0.05) is 49.9 Å². The third-order valence-corrected chi connectivity index (χ3v) is 11.1. The summed E-state index contributed by atoms with van der Waals surface area (Å²) >= 11 is 7.61. The Balaban J connectivity index is 0.948. The monoisotopic (exact) mass is 737 g/mol. The van der Waals surface area contributed by atoms with E-state index in [9.17, 15) is 9.59 Å². The van der Waals surface area contributed by atoms with Crippen molar-refractivity contribution in [3.63, 3.8) is 0 Å². The smallest absolute Gasteiger partial charge is 0.410 e. The molecule has 2 saturated carbocycles. The SMILES string of the molecule is CN(CCCC1CN(C(=O)OC(C)(C)C)C(C)(C)C1)c1cccc(SNC(=O)c2ccc(-n3ccc(OCCC(C4CC4)C4CC4)n3)nc2Cl)n1. The Kier molecular flexibility index (Phi) is 11.4. The molecule has 51 heavy (non-hydrogen) atoms. The summed E-state index contributed by atoms with van der Waals surface area (Å²) < 4.78 is 16.1. The molecule has 2 aliphatic carbocycles. The molecule has 276 valence electrons. The highest BCUT2D eigenvalue weighted by molar-refractivity contribution is 7.97. The van der Waals surface area contributed by atoms with Crippen LogP contribution in [0.4, 0.5) is 10.6 Å². The van der Waals surface area contributed by atoms with E-state index in [1.807, 2.05) is 57.0 Å². The fourth-order valence-electron chi connectivity index (χ4n) is 7.22. The van der Waals surface area contributed by atoms with Gasteiger partial charge in [-0.05, 0) is 134 Å². The molecule has 0 radical (unpaired) electrons. The number of nitrogens with zero attached hydrogens (tertiary/aromatic N) is 6. The quantitative estimate of drug-likeness (QED) is 0.122. The molecule has 4 heterocycles. The molecule has 0 spiro atoms. The number of hydrogen-bond donors (Lipinski definition) is 1. The largest absolute Gasteiger partial charge is 0.477 e. The lowest BCUT2D eigenvalue weighted by Crippen LogP contribution is -2.45. The Bertz CT molecular complexity index is 1670. The van der Waals surface area contributed by atoms with Gasteiger partial charge in [0.15, 0.2) is 5.82 Å². The molecule has 13 heteroatoms. The molecule has 1 saturated heterocycles. The highest BCUT2D eigenvalue weighted by Crippen LogP contribution is 2.50.